The van der Waals surface area contributed by atoms with Gasteiger partial charge in [0.25, 0.3) is 11.8 Å². The quantitative estimate of drug-likeness (QED) is 0.474. The van der Waals surface area contributed by atoms with Crippen molar-refractivity contribution >= 4 is 52.5 Å². The number of hydrogen-bond donors (Lipinski definition) is 3. The summed E-state index contributed by atoms with van der Waals surface area (Å²) in [6, 6.07) is 20.4. The van der Waals surface area contributed by atoms with Gasteiger partial charge >= 0.3 is 0 Å². The third kappa shape index (κ3) is 5.85. The van der Waals surface area contributed by atoms with Crippen molar-refractivity contribution in [1.82, 2.24) is 0 Å². The second-order valence-electron chi connectivity index (χ2n) is 6.24. The summed E-state index contributed by atoms with van der Waals surface area (Å²) in [5, 5.41) is 5.98. The monoisotopic (exact) mass is 439 g/mol. The number of thioether (sulfide) groups is 1. The molecule has 0 saturated carbocycles. The van der Waals surface area contributed by atoms with Gasteiger partial charge in [0.1, 0.15) is 0 Å². The fourth-order valence-corrected chi connectivity index (χ4v) is 3.50. The van der Waals surface area contributed by atoms with Crippen molar-refractivity contribution in [3.8, 4) is 0 Å². The van der Waals surface area contributed by atoms with Gasteiger partial charge in [0.15, 0.2) is 0 Å². The fraction of sp³-hybridized carbons (Fsp3) is 0.0455. The highest BCUT2D eigenvalue weighted by Gasteiger charge is 2.11. The zero-order chi connectivity index (χ0) is 21.5. The number of hydrogen-bond acceptors (Lipinski definition) is 4. The summed E-state index contributed by atoms with van der Waals surface area (Å²) in [7, 11) is 0. The van der Waals surface area contributed by atoms with Crippen LogP contribution in [0.2, 0.25) is 5.02 Å². The molecule has 3 amide bonds. The topological polar surface area (TPSA) is 101 Å². The van der Waals surface area contributed by atoms with Crippen molar-refractivity contribution in [2.24, 2.45) is 5.73 Å². The van der Waals surface area contributed by atoms with E-state index in [1.165, 1.54) is 11.8 Å². The summed E-state index contributed by atoms with van der Waals surface area (Å²) in [4.78, 5) is 36.7. The summed E-state index contributed by atoms with van der Waals surface area (Å²) in [5.41, 5.74) is 7.06. The lowest BCUT2D eigenvalue weighted by Gasteiger charge is -2.09. The number of halogens is 1. The van der Waals surface area contributed by atoms with Crippen LogP contribution in [0.5, 0.6) is 0 Å². The number of carbonyl (C=O) groups excluding carboxylic acids is 3. The maximum absolute atomic E-state index is 12.3. The van der Waals surface area contributed by atoms with E-state index in [9.17, 15) is 14.4 Å². The van der Waals surface area contributed by atoms with Gasteiger partial charge in [-0.15, -0.1) is 11.8 Å². The summed E-state index contributed by atoms with van der Waals surface area (Å²) < 4.78 is 0. The first kappa shape index (κ1) is 21.4. The van der Waals surface area contributed by atoms with Gasteiger partial charge in [0.05, 0.1) is 17.0 Å². The van der Waals surface area contributed by atoms with Crippen LogP contribution in [0.4, 0.5) is 11.4 Å². The Morgan fingerprint density at radius 3 is 2.33 bits per heavy atom. The number of carbonyl (C=O) groups is 3. The summed E-state index contributed by atoms with van der Waals surface area (Å²) in [5.74, 6) is -0.965. The largest absolute Gasteiger partial charge is 0.366 e. The van der Waals surface area contributed by atoms with Crippen molar-refractivity contribution in [2.75, 3.05) is 16.4 Å². The molecule has 0 saturated heterocycles. The molecule has 0 radical (unpaired) electrons. The van der Waals surface area contributed by atoms with E-state index >= 15 is 0 Å². The van der Waals surface area contributed by atoms with Crippen molar-refractivity contribution in [1.29, 1.82) is 0 Å². The van der Waals surface area contributed by atoms with Crippen molar-refractivity contribution in [3.05, 3.63) is 88.9 Å². The molecule has 0 heterocycles. The summed E-state index contributed by atoms with van der Waals surface area (Å²) in [6.45, 7) is 0. The van der Waals surface area contributed by atoms with Crippen molar-refractivity contribution in [3.63, 3.8) is 0 Å². The maximum atomic E-state index is 12.3. The first-order chi connectivity index (χ1) is 14.4. The molecule has 4 N–H and O–H groups in total. The van der Waals surface area contributed by atoms with Crippen LogP contribution in [-0.2, 0) is 4.79 Å². The van der Waals surface area contributed by atoms with Crippen LogP contribution in [0.1, 0.15) is 20.7 Å². The highest BCUT2D eigenvalue weighted by Crippen LogP contribution is 2.22. The number of primary amides is 1. The number of nitrogens with two attached hydrogens (primary N) is 1. The minimum atomic E-state index is -0.603. The first-order valence-electron chi connectivity index (χ1n) is 8.91. The number of para-hydroxylation sites is 1. The molecule has 0 atom stereocenters. The standard InChI is InChI=1S/C22H18ClN3O3S/c23-15-5-3-4-14(12-15)22(29)25-16-8-10-17(11-9-16)30-13-20(27)26-19-7-2-1-6-18(19)21(24)28/h1-12H,13H2,(H2,24,28)(H,25,29)(H,26,27). The van der Waals surface area contributed by atoms with Gasteiger partial charge < -0.3 is 16.4 Å². The van der Waals surface area contributed by atoms with Gasteiger partial charge in [-0.1, -0.05) is 29.8 Å². The Hall–Kier alpha value is -3.29. The Morgan fingerprint density at radius 2 is 1.63 bits per heavy atom. The van der Waals surface area contributed by atoms with E-state index in [0.717, 1.165) is 4.90 Å². The highest BCUT2D eigenvalue weighted by atomic mass is 35.5. The van der Waals surface area contributed by atoms with E-state index in [0.29, 0.717) is 22.0 Å². The van der Waals surface area contributed by atoms with Gasteiger partial charge in [-0.3, -0.25) is 14.4 Å². The van der Waals surface area contributed by atoms with Crippen LogP contribution in [0, 0.1) is 0 Å². The van der Waals surface area contributed by atoms with Crippen LogP contribution < -0.4 is 16.4 Å². The van der Waals surface area contributed by atoms with E-state index < -0.39 is 5.91 Å². The Kier molecular flexibility index (Phi) is 7.11. The van der Waals surface area contributed by atoms with E-state index in [1.807, 2.05) is 12.1 Å². The molecule has 0 bridgehead atoms. The minimum absolute atomic E-state index is 0.154. The van der Waals surface area contributed by atoms with Crippen LogP contribution in [0.3, 0.4) is 0 Å². The maximum Gasteiger partial charge on any atom is 0.255 e. The van der Waals surface area contributed by atoms with E-state index in [-0.39, 0.29) is 23.1 Å². The van der Waals surface area contributed by atoms with Gasteiger partial charge in [0, 0.05) is 21.2 Å². The smallest absolute Gasteiger partial charge is 0.255 e. The molecule has 0 aromatic heterocycles. The number of nitrogens with one attached hydrogen (secondary N) is 2. The predicted molar refractivity (Wildman–Crippen MR) is 120 cm³/mol. The molecule has 0 spiro atoms. The third-order valence-electron chi connectivity index (χ3n) is 4.04. The lowest BCUT2D eigenvalue weighted by atomic mass is 10.1. The predicted octanol–water partition coefficient (Wildman–Crippen LogP) is 4.42. The molecular weight excluding hydrogens is 422 g/mol. The van der Waals surface area contributed by atoms with E-state index in [1.54, 1.807) is 60.7 Å². The molecule has 0 aliphatic rings. The zero-order valence-electron chi connectivity index (χ0n) is 15.7. The van der Waals surface area contributed by atoms with Crippen molar-refractivity contribution in [2.45, 2.75) is 4.90 Å². The molecular formula is C22H18ClN3O3S. The Morgan fingerprint density at radius 1 is 0.900 bits per heavy atom. The highest BCUT2D eigenvalue weighted by molar-refractivity contribution is 8.00. The Bertz CT molecular complexity index is 1090. The third-order valence-corrected chi connectivity index (χ3v) is 5.28. The minimum Gasteiger partial charge on any atom is -0.366 e. The number of rotatable bonds is 7. The van der Waals surface area contributed by atoms with Gasteiger partial charge in [-0.25, -0.2) is 0 Å². The van der Waals surface area contributed by atoms with E-state index in [2.05, 4.69) is 10.6 Å². The normalized spacial score (nSPS) is 10.3. The lowest BCUT2D eigenvalue weighted by molar-refractivity contribution is -0.113. The molecule has 3 rings (SSSR count). The average Bonchev–Trinajstić information content (AvgIpc) is 2.73. The number of anilines is 2. The van der Waals surface area contributed by atoms with Crippen molar-refractivity contribution < 1.29 is 14.4 Å². The van der Waals surface area contributed by atoms with Crippen LogP contribution in [0.15, 0.2) is 77.7 Å². The number of benzene rings is 3. The summed E-state index contributed by atoms with van der Waals surface area (Å²) in [6.07, 6.45) is 0. The average molecular weight is 440 g/mol. The van der Waals surface area contributed by atoms with Crippen LogP contribution in [0.25, 0.3) is 0 Å². The van der Waals surface area contributed by atoms with Gasteiger partial charge in [-0.2, -0.15) is 0 Å². The summed E-state index contributed by atoms with van der Waals surface area (Å²) >= 11 is 7.24. The molecule has 0 aliphatic heterocycles. The molecule has 0 aliphatic carbocycles. The number of amides is 3. The van der Waals surface area contributed by atoms with E-state index in [4.69, 9.17) is 17.3 Å². The molecule has 152 valence electrons. The molecule has 0 fully saturated rings. The SMILES string of the molecule is NC(=O)c1ccccc1NC(=O)CSc1ccc(NC(=O)c2cccc(Cl)c2)cc1. The van der Waals surface area contributed by atoms with Gasteiger partial charge in [-0.05, 0) is 54.6 Å². The Labute approximate surface area is 182 Å². The molecule has 3 aromatic carbocycles. The second-order valence-corrected chi connectivity index (χ2v) is 7.72. The van der Waals surface area contributed by atoms with Gasteiger partial charge in [0.2, 0.25) is 5.91 Å². The molecule has 3 aromatic rings. The molecule has 6 nitrogen and oxygen atoms in total. The second kappa shape index (κ2) is 9.96. The Balaban J connectivity index is 1.54. The lowest BCUT2D eigenvalue weighted by Crippen LogP contribution is -2.19. The van der Waals surface area contributed by atoms with Crippen LogP contribution >= 0.6 is 23.4 Å². The van der Waals surface area contributed by atoms with Crippen LogP contribution in [-0.4, -0.2) is 23.5 Å². The molecule has 8 heteroatoms. The zero-order valence-corrected chi connectivity index (χ0v) is 17.3. The molecule has 30 heavy (non-hydrogen) atoms. The first-order valence-corrected chi connectivity index (χ1v) is 10.3. The molecule has 0 unspecified atom stereocenters. The fourth-order valence-electron chi connectivity index (χ4n) is 2.61.